The lowest BCUT2D eigenvalue weighted by atomic mass is 10.1. The molecule has 23 heavy (non-hydrogen) atoms. The first kappa shape index (κ1) is 15.3. The van der Waals surface area contributed by atoms with Crippen LogP contribution in [0, 0.1) is 0 Å². The van der Waals surface area contributed by atoms with Crippen LogP contribution in [0.5, 0.6) is 5.75 Å². The van der Waals surface area contributed by atoms with Crippen LogP contribution < -0.4 is 4.74 Å². The van der Waals surface area contributed by atoms with Crippen molar-refractivity contribution in [2.75, 3.05) is 6.61 Å². The number of nitrogens with zero attached hydrogens (tertiary/aromatic N) is 1. The van der Waals surface area contributed by atoms with E-state index in [1.807, 2.05) is 37.3 Å². The average molecular weight is 328 g/mol. The number of ether oxygens (including phenoxy) is 2. The molecular weight excluding hydrogens is 314 g/mol. The fraction of sp³-hybridized carbons (Fsp3) is 0.111. The van der Waals surface area contributed by atoms with Crippen LogP contribution in [0.1, 0.15) is 18.1 Å². The van der Waals surface area contributed by atoms with E-state index in [1.165, 1.54) is 0 Å². The molecule has 0 aliphatic carbocycles. The largest absolute Gasteiger partial charge is 0.493 e. The number of cyclic esters (lactones) is 1. The molecule has 0 aromatic heterocycles. The summed E-state index contributed by atoms with van der Waals surface area (Å²) >= 11 is 6.03. The molecule has 0 saturated carbocycles. The van der Waals surface area contributed by atoms with Crippen molar-refractivity contribution in [1.29, 1.82) is 0 Å². The number of aliphatic imine (C=N–C) groups is 1. The van der Waals surface area contributed by atoms with Crippen LogP contribution in [0.2, 0.25) is 5.02 Å². The maximum absolute atomic E-state index is 12.0. The molecule has 0 fully saturated rings. The van der Waals surface area contributed by atoms with Crippen molar-refractivity contribution < 1.29 is 14.3 Å². The summed E-state index contributed by atoms with van der Waals surface area (Å²) in [6.45, 7) is 2.40. The Morgan fingerprint density at radius 2 is 2.00 bits per heavy atom. The summed E-state index contributed by atoms with van der Waals surface area (Å²) in [5, 5.41) is 0.555. The lowest BCUT2D eigenvalue weighted by molar-refractivity contribution is -0.129. The normalized spacial score (nSPS) is 15.5. The minimum absolute atomic E-state index is 0.215. The first-order chi connectivity index (χ1) is 11.2. The number of carbonyl (C=O) groups excluding carboxylic acids is 1. The van der Waals surface area contributed by atoms with Gasteiger partial charge in [0.25, 0.3) is 0 Å². The van der Waals surface area contributed by atoms with Crippen LogP contribution in [-0.2, 0) is 9.53 Å². The van der Waals surface area contributed by atoms with Gasteiger partial charge in [-0.05, 0) is 43.3 Å². The van der Waals surface area contributed by atoms with Gasteiger partial charge in [0.1, 0.15) is 5.75 Å². The number of halogens is 1. The molecule has 0 saturated heterocycles. The van der Waals surface area contributed by atoms with E-state index in [1.54, 1.807) is 24.3 Å². The van der Waals surface area contributed by atoms with Gasteiger partial charge in [0.15, 0.2) is 5.70 Å². The molecule has 0 N–H and O–H groups in total. The third-order valence-corrected chi connectivity index (χ3v) is 3.44. The standard InChI is InChI=1S/C18H14ClNO3/c1-2-22-16-9-8-14(19)10-13(16)11-15-18(21)23-17(20-15)12-6-4-3-5-7-12/h3-11H,2H2,1H3/b15-11-. The molecular formula is C18H14ClNO3. The number of rotatable bonds is 4. The van der Waals surface area contributed by atoms with Crippen LogP contribution in [-0.4, -0.2) is 18.5 Å². The number of hydrogen-bond donors (Lipinski definition) is 0. The van der Waals surface area contributed by atoms with Crippen LogP contribution in [0.25, 0.3) is 6.08 Å². The van der Waals surface area contributed by atoms with Gasteiger partial charge in [-0.15, -0.1) is 0 Å². The maximum Gasteiger partial charge on any atom is 0.363 e. The van der Waals surface area contributed by atoms with Crippen molar-refractivity contribution in [3.8, 4) is 5.75 Å². The molecule has 0 unspecified atom stereocenters. The lowest BCUT2D eigenvalue weighted by Gasteiger charge is -2.07. The molecule has 2 aromatic rings. The van der Waals surface area contributed by atoms with Crippen molar-refractivity contribution >= 4 is 29.5 Å². The Hall–Kier alpha value is -2.59. The summed E-state index contributed by atoms with van der Waals surface area (Å²) in [5.41, 5.74) is 1.65. The van der Waals surface area contributed by atoms with Crippen molar-refractivity contribution in [3.63, 3.8) is 0 Å². The molecule has 116 valence electrons. The highest BCUT2D eigenvalue weighted by Gasteiger charge is 2.24. The molecule has 2 aromatic carbocycles. The first-order valence-electron chi connectivity index (χ1n) is 7.17. The van der Waals surface area contributed by atoms with Crippen LogP contribution in [0.3, 0.4) is 0 Å². The molecule has 0 bridgehead atoms. The van der Waals surface area contributed by atoms with E-state index in [0.717, 1.165) is 5.56 Å². The second-order valence-corrected chi connectivity index (χ2v) is 5.25. The van der Waals surface area contributed by atoms with Gasteiger partial charge >= 0.3 is 5.97 Å². The predicted octanol–water partition coefficient (Wildman–Crippen LogP) is 4.08. The van der Waals surface area contributed by atoms with Gasteiger partial charge in [-0.3, -0.25) is 0 Å². The van der Waals surface area contributed by atoms with E-state index in [9.17, 15) is 4.79 Å². The predicted molar refractivity (Wildman–Crippen MR) is 89.7 cm³/mol. The number of hydrogen-bond acceptors (Lipinski definition) is 4. The van der Waals surface area contributed by atoms with E-state index in [0.29, 0.717) is 28.8 Å². The van der Waals surface area contributed by atoms with E-state index in [2.05, 4.69) is 4.99 Å². The van der Waals surface area contributed by atoms with Crippen LogP contribution >= 0.6 is 11.6 Å². The fourth-order valence-corrected chi connectivity index (χ4v) is 2.36. The van der Waals surface area contributed by atoms with Crippen LogP contribution in [0.4, 0.5) is 0 Å². The zero-order valence-electron chi connectivity index (χ0n) is 12.5. The number of carbonyl (C=O) groups is 1. The molecule has 5 heteroatoms. The second kappa shape index (κ2) is 6.67. The highest BCUT2D eigenvalue weighted by molar-refractivity contribution is 6.30. The van der Waals surface area contributed by atoms with E-state index in [-0.39, 0.29) is 5.70 Å². The van der Waals surface area contributed by atoms with Gasteiger partial charge in [-0.2, -0.15) is 0 Å². The Balaban J connectivity index is 1.98. The van der Waals surface area contributed by atoms with E-state index < -0.39 is 5.97 Å². The van der Waals surface area contributed by atoms with Gasteiger partial charge in [-0.1, -0.05) is 29.8 Å². The summed E-state index contributed by atoms with van der Waals surface area (Å²) in [6, 6.07) is 14.5. The second-order valence-electron chi connectivity index (χ2n) is 4.82. The monoisotopic (exact) mass is 327 g/mol. The Morgan fingerprint density at radius 1 is 1.22 bits per heavy atom. The van der Waals surface area contributed by atoms with E-state index in [4.69, 9.17) is 21.1 Å². The van der Waals surface area contributed by atoms with Crippen molar-refractivity contribution in [3.05, 3.63) is 70.4 Å². The third kappa shape index (κ3) is 3.43. The van der Waals surface area contributed by atoms with Gasteiger partial charge in [0, 0.05) is 16.1 Å². The summed E-state index contributed by atoms with van der Waals surface area (Å²) < 4.78 is 10.8. The van der Waals surface area contributed by atoms with E-state index >= 15 is 0 Å². The summed E-state index contributed by atoms with van der Waals surface area (Å²) in [4.78, 5) is 16.3. The van der Waals surface area contributed by atoms with Gasteiger partial charge in [-0.25, -0.2) is 9.79 Å². The zero-order valence-corrected chi connectivity index (χ0v) is 13.2. The molecule has 4 nitrogen and oxygen atoms in total. The Labute approximate surface area is 139 Å². The van der Waals surface area contributed by atoms with Crippen LogP contribution in [0.15, 0.2) is 59.2 Å². The summed E-state index contributed by atoms with van der Waals surface area (Å²) in [7, 11) is 0. The summed E-state index contributed by atoms with van der Waals surface area (Å²) in [5.74, 6) is 0.439. The van der Waals surface area contributed by atoms with Gasteiger partial charge < -0.3 is 9.47 Å². The molecule has 0 radical (unpaired) electrons. The zero-order chi connectivity index (χ0) is 16.2. The Morgan fingerprint density at radius 3 is 2.74 bits per heavy atom. The van der Waals surface area contributed by atoms with Gasteiger partial charge in [0.2, 0.25) is 5.90 Å². The minimum Gasteiger partial charge on any atom is -0.493 e. The Kier molecular flexibility index (Phi) is 4.44. The summed E-state index contributed by atoms with van der Waals surface area (Å²) in [6.07, 6.45) is 1.62. The fourth-order valence-electron chi connectivity index (χ4n) is 2.18. The smallest absolute Gasteiger partial charge is 0.363 e. The molecule has 1 aliphatic heterocycles. The molecule has 3 rings (SSSR count). The SMILES string of the molecule is CCOc1ccc(Cl)cc1/C=C1\N=C(c2ccccc2)OC1=O. The highest BCUT2D eigenvalue weighted by atomic mass is 35.5. The lowest BCUT2D eigenvalue weighted by Crippen LogP contribution is -2.05. The van der Waals surface area contributed by atoms with Crippen molar-refractivity contribution in [1.82, 2.24) is 0 Å². The quantitative estimate of drug-likeness (QED) is 0.628. The maximum atomic E-state index is 12.0. The number of esters is 1. The Bertz CT molecular complexity index is 797. The van der Waals surface area contributed by atoms with Crippen molar-refractivity contribution in [2.45, 2.75) is 6.92 Å². The molecule has 0 spiro atoms. The number of benzene rings is 2. The average Bonchev–Trinajstić information content (AvgIpc) is 2.92. The van der Waals surface area contributed by atoms with Crippen molar-refractivity contribution in [2.24, 2.45) is 4.99 Å². The molecule has 1 aliphatic rings. The molecule has 1 heterocycles. The highest BCUT2D eigenvalue weighted by Crippen LogP contribution is 2.27. The molecule has 0 amide bonds. The third-order valence-electron chi connectivity index (χ3n) is 3.21. The van der Waals surface area contributed by atoms with Gasteiger partial charge in [0.05, 0.1) is 6.61 Å². The topological polar surface area (TPSA) is 47.9 Å². The minimum atomic E-state index is -0.494. The molecule has 0 atom stereocenters. The first-order valence-corrected chi connectivity index (χ1v) is 7.55.